The number of carbonyl (C=O) groups excluding carboxylic acids is 2. The number of benzene rings is 1. The van der Waals surface area contributed by atoms with Gasteiger partial charge >= 0.3 is 12.3 Å². The van der Waals surface area contributed by atoms with E-state index < -0.39 is 35.5 Å². The van der Waals surface area contributed by atoms with Crippen molar-refractivity contribution in [2.24, 2.45) is 0 Å². The van der Waals surface area contributed by atoms with E-state index in [1.165, 1.54) is 18.2 Å². The first-order valence-electron chi connectivity index (χ1n) is 7.21. The van der Waals surface area contributed by atoms with Crippen LogP contribution < -0.4 is 10.1 Å². The van der Waals surface area contributed by atoms with Crippen molar-refractivity contribution in [3.8, 4) is 5.75 Å². The van der Waals surface area contributed by atoms with Crippen LogP contribution in [0.3, 0.4) is 0 Å². The fourth-order valence-corrected chi connectivity index (χ4v) is 3.03. The highest BCUT2D eigenvalue weighted by molar-refractivity contribution is 5.99. The summed E-state index contributed by atoms with van der Waals surface area (Å²) in [5.41, 5.74) is -0.471. The molecule has 0 saturated carbocycles. The summed E-state index contributed by atoms with van der Waals surface area (Å²) in [4.78, 5) is 24.2. The lowest BCUT2D eigenvalue weighted by Gasteiger charge is -2.28. The molecule has 0 bridgehead atoms. The normalized spacial score (nSPS) is 22.8. The first-order valence-corrected chi connectivity index (χ1v) is 7.21. The van der Waals surface area contributed by atoms with Crippen LogP contribution in [0.5, 0.6) is 5.75 Å². The SMILES string of the molecule is CC1(C)OC(=O)C2=C1NC(=O)CC2c1ccccc1OC(F)(F)F. The molecule has 1 amide bonds. The first-order chi connectivity index (χ1) is 11.1. The minimum atomic E-state index is -4.88. The maximum Gasteiger partial charge on any atom is 0.573 e. The molecule has 1 unspecified atom stereocenters. The molecular formula is C16H14F3NO4. The molecule has 8 heteroatoms. The summed E-state index contributed by atoms with van der Waals surface area (Å²) in [6.07, 6.45) is -5.04. The third kappa shape index (κ3) is 2.83. The molecule has 0 aromatic heterocycles. The van der Waals surface area contributed by atoms with Gasteiger partial charge in [-0.3, -0.25) is 4.79 Å². The Labute approximate surface area is 135 Å². The van der Waals surface area contributed by atoms with Crippen molar-refractivity contribution in [1.82, 2.24) is 5.32 Å². The monoisotopic (exact) mass is 341 g/mol. The summed E-state index contributed by atoms with van der Waals surface area (Å²) < 4.78 is 47.2. The lowest BCUT2D eigenvalue weighted by molar-refractivity contribution is -0.274. The van der Waals surface area contributed by atoms with E-state index in [0.29, 0.717) is 0 Å². The second-order valence-corrected chi connectivity index (χ2v) is 6.08. The van der Waals surface area contributed by atoms with Gasteiger partial charge in [0.05, 0.1) is 11.3 Å². The number of amides is 1. The van der Waals surface area contributed by atoms with Crippen LogP contribution in [0.2, 0.25) is 0 Å². The Kier molecular flexibility index (Phi) is 3.58. The van der Waals surface area contributed by atoms with Crippen LogP contribution in [0.4, 0.5) is 13.2 Å². The topological polar surface area (TPSA) is 64.6 Å². The Bertz CT molecular complexity index is 752. The molecule has 3 rings (SSSR count). The molecule has 0 fully saturated rings. The van der Waals surface area contributed by atoms with Crippen molar-refractivity contribution >= 4 is 11.9 Å². The fraction of sp³-hybridized carbons (Fsp3) is 0.375. The number of nitrogens with one attached hydrogen (secondary N) is 1. The number of ether oxygens (including phenoxy) is 2. The van der Waals surface area contributed by atoms with Gasteiger partial charge in [0.15, 0.2) is 0 Å². The van der Waals surface area contributed by atoms with Gasteiger partial charge in [0.1, 0.15) is 11.4 Å². The second-order valence-electron chi connectivity index (χ2n) is 6.08. The molecule has 5 nitrogen and oxygen atoms in total. The predicted octanol–water partition coefficient (Wildman–Crippen LogP) is 2.78. The number of halogens is 3. The predicted molar refractivity (Wildman–Crippen MR) is 75.8 cm³/mol. The van der Waals surface area contributed by atoms with Crippen LogP contribution in [-0.2, 0) is 14.3 Å². The van der Waals surface area contributed by atoms with Crippen molar-refractivity contribution < 1.29 is 32.2 Å². The molecule has 24 heavy (non-hydrogen) atoms. The number of esters is 1. The number of alkyl halides is 3. The largest absolute Gasteiger partial charge is 0.573 e. The lowest BCUT2D eigenvalue weighted by atomic mass is 9.82. The average Bonchev–Trinajstić information content (AvgIpc) is 2.66. The zero-order valence-electron chi connectivity index (χ0n) is 12.9. The number of hydrogen-bond acceptors (Lipinski definition) is 4. The highest BCUT2D eigenvalue weighted by Crippen LogP contribution is 2.45. The Hall–Kier alpha value is -2.51. The summed E-state index contributed by atoms with van der Waals surface area (Å²) in [5.74, 6) is -2.34. The number of hydrogen-bond donors (Lipinski definition) is 1. The summed E-state index contributed by atoms with van der Waals surface area (Å²) in [5, 5.41) is 2.60. The lowest BCUT2D eigenvalue weighted by Crippen LogP contribution is -2.38. The Morgan fingerprint density at radius 1 is 1.25 bits per heavy atom. The molecule has 1 N–H and O–H groups in total. The third-order valence-electron chi connectivity index (χ3n) is 3.96. The highest BCUT2D eigenvalue weighted by Gasteiger charge is 2.48. The van der Waals surface area contributed by atoms with Crippen LogP contribution in [0, 0.1) is 0 Å². The van der Waals surface area contributed by atoms with E-state index in [-0.39, 0.29) is 23.3 Å². The molecule has 2 aliphatic heterocycles. The van der Waals surface area contributed by atoms with E-state index in [9.17, 15) is 22.8 Å². The van der Waals surface area contributed by atoms with Gasteiger partial charge in [-0.05, 0) is 19.9 Å². The summed E-state index contributed by atoms with van der Waals surface area (Å²) in [6.45, 7) is 3.21. The van der Waals surface area contributed by atoms with Crippen molar-refractivity contribution in [2.75, 3.05) is 0 Å². The number of cyclic esters (lactones) is 1. The van der Waals surface area contributed by atoms with E-state index in [0.717, 1.165) is 6.07 Å². The van der Waals surface area contributed by atoms with Gasteiger partial charge in [0, 0.05) is 17.9 Å². The highest BCUT2D eigenvalue weighted by atomic mass is 19.4. The van der Waals surface area contributed by atoms with Crippen LogP contribution in [0.25, 0.3) is 0 Å². The van der Waals surface area contributed by atoms with Crippen LogP contribution >= 0.6 is 0 Å². The van der Waals surface area contributed by atoms with Crippen molar-refractivity contribution in [3.63, 3.8) is 0 Å². The fourth-order valence-electron chi connectivity index (χ4n) is 3.03. The van der Waals surface area contributed by atoms with Crippen LogP contribution in [0.1, 0.15) is 31.7 Å². The van der Waals surface area contributed by atoms with Gasteiger partial charge in [-0.15, -0.1) is 13.2 Å². The molecule has 0 spiro atoms. The van der Waals surface area contributed by atoms with E-state index in [1.54, 1.807) is 13.8 Å². The van der Waals surface area contributed by atoms with Gasteiger partial charge in [-0.25, -0.2) is 4.79 Å². The van der Waals surface area contributed by atoms with Gasteiger partial charge in [-0.1, -0.05) is 18.2 Å². The first kappa shape index (κ1) is 16.4. The Morgan fingerprint density at radius 3 is 2.58 bits per heavy atom. The number of carbonyl (C=O) groups is 2. The van der Waals surface area contributed by atoms with Crippen LogP contribution in [-0.4, -0.2) is 23.8 Å². The molecule has 2 heterocycles. The van der Waals surface area contributed by atoms with Gasteiger partial charge < -0.3 is 14.8 Å². The molecule has 0 saturated heterocycles. The summed E-state index contributed by atoms with van der Waals surface area (Å²) in [6, 6.07) is 5.48. The molecule has 1 aromatic carbocycles. The zero-order valence-corrected chi connectivity index (χ0v) is 12.9. The molecule has 0 radical (unpaired) electrons. The van der Waals surface area contributed by atoms with Crippen molar-refractivity contribution in [3.05, 3.63) is 41.1 Å². The molecule has 2 aliphatic rings. The van der Waals surface area contributed by atoms with E-state index in [2.05, 4.69) is 10.1 Å². The molecule has 1 atom stereocenters. The molecular weight excluding hydrogens is 327 g/mol. The standard InChI is InChI=1S/C16H14F3NO4/c1-15(2)13-12(14(22)24-15)9(7-11(21)20-13)8-5-3-4-6-10(8)23-16(17,18)19/h3-6,9H,7H2,1-2H3,(H,20,21). The second kappa shape index (κ2) is 5.25. The van der Waals surface area contributed by atoms with E-state index in [4.69, 9.17) is 4.74 Å². The van der Waals surface area contributed by atoms with Gasteiger partial charge in [-0.2, -0.15) is 0 Å². The maximum atomic E-state index is 12.6. The van der Waals surface area contributed by atoms with Crippen molar-refractivity contribution in [2.45, 2.75) is 38.1 Å². The molecule has 128 valence electrons. The zero-order chi connectivity index (χ0) is 17.7. The molecule has 0 aliphatic carbocycles. The third-order valence-corrected chi connectivity index (χ3v) is 3.96. The van der Waals surface area contributed by atoms with Crippen molar-refractivity contribution in [1.29, 1.82) is 0 Å². The number of rotatable bonds is 2. The van der Waals surface area contributed by atoms with E-state index in [1.807, 2.05) is 0 Å². The van der Waals surface area contributed by atoms with E-state index >= 15 is 0 Å². The minimum absolute atomic E-state index is 0.117. The van der Waals surface area contributed by atoms with Gasteiger partial charge in [0.25, 0.3) is 0 Å². The quantitative estimate of drug-likeness (QED) is 0.840. The van der Waals surface area contributed by atoms with Crippen LogP contribution in [0.15, 0.2) is 35.5 Å². The summed E-state index contributed by atoms with van der Waals surface area (Å²) in [7, 11) is 0. The van der Waals surface area contributed by atoms with Gasteiger partial charge in [0.2, 0.25) is 5.91 Å². The number of para-hydroxylation sites is 1. The molecule has 1 aromatic rings. The smallest absolute Gasteiger partial charge is 0.450 e. The summed E-state index contributed by atoms with van der Waals surface area (Å²) >= 11 is 0. The maximum absolute atomic E-state index is 12.6. The minimum Gasteiger partial charge on any atom is -0.450 e. The Morgan fingerprint density at radius 2 is 1.92 bits per heavy atom. The average molecular weight is 341 g/mol. The Balaban J connectivity index is 2.11.